The van der Waals surface area contributed by atoms with Crippen LogP contribution in [0.3, 0.4) is 0 Å². The van der Waals surface area contributed by atoms with Crippen molar-refractivity contribution in [2.45, 2.75) is 44.9 Å². The summed E-state index contributed by atoms with van der Waals surface area (Å²) < 4.78 is 0. The van der Waals surface area contributed by atoms with Gasteiger partial charge in [0.25, 0.3) is 0 Å². The summed E-state index contributed by atoms with van der Waals surface area (Å²) in [4.78, 5) is 0. The van der Waals surface area contributed by atoms with Gasteiger partial charge in [0.2, 0.25) is 0 Å². The molecule has 0 radical (unpaired) electrons. The van der Waals surface area contributed by atoms with E-state index in [-0.39, 0.29) is 0 Å². The van der Waals surface area contributed by atoms with Gasteiger partial charge in [0.1, 0.15) is 0 Å². The Morgan fingerprint density at radius 3 is 2.80 bits per heavy atom. The number of hydrogen-bond donors (Lipinski definition) is 0. The molecule has 1 fully saturated rings. The van der Waals surface area contributed by atoms with E-state index in [1.165, 1.54) is 44.9 Å². The minimum absolute atomic E-state index is 1.10. The van der Waals surface area contributed by atoms with Crippen molar-refractivity contribution in [1.82, 2.24) is 0 Å². The maximum Gasteiger partial charge on any atom is -0.0292 e. The first-order valence-electron chi connectivity index (χ1n) is 4.63. The molecule has 0 aromatic rings. The Labute approximate surface area is 63.3 Å². The van der Waals surface area contributed by atoms with Gasteiger partial charge in [0, 0.05) is 0 Å². The van der Waals surface area contributed by atoms with Crippen molar-refractivity contribution in [3.05, 3.63) is 11.6 Å². The number of rotatable bonds is 2. The van der Waals surface area contributed by atoms with Gasteiger partial charge in [-0.05, 0) is 50.9 Å². The van der Waals surface area contributed by atoms with Crippen molar-refractivity contribution in [3.8, 4) is 0 Å². The summed E-state index contributed by atoms with van der Waals surface area (Å²) in [6.07, 6.45) is 12.6. The highest BCUT2D eigenvalue weighted by Crippen LogP contribution is 2.37. The van der Waals surface area contributed by atoms with E-state index < -0.39 is 0 Å². The van der Waals surface area contributed by atoms with Crippen molar-refractivity contribution in [2.75, 3.05) is 0 Å². The smallest absolute Gasteiger partial charge is 0.0292 e. The molecule has 0 unspecified atom stereocenters. The molecule has 2 aliphatic carbocycles. The van der Waals surface area contributed by atoms with Crippen molar-refractivity contribution >= 4 is 0 Å². The Kier molecular flexibility index (Phi) is 1.79. The molecular weight excluding hydrogens is 120 g/mol. The van der Waals surface area contributed by atoms with E-state index in [0.717, 1.165) is 5.92 Å². The van der Waals surface area contributed by atoms with Crippen molar-refractivity contribution < 1.29 is 0 Å². The SMILES string of the molecule is C1=C(CC2CC2)CCCC1. The molecule has 0 aromatic heterocycles. The summed E-state index contributed by atoms with van der Waals surface area (Å²) in [5, 5.41) is 0. The molecule has 0 atom stereocenters. The van der Waals surface area contributed by atoms with Crippen LogP contribution in [0.15, 0.2) is 11.6 Å². The quantitative estimate of drug-likeness (QED) is 0.511. The van der Waals surface area contributed by atoms with E-state index in [0.29, 0.717) is 0 Å². The van der Waals surface area contributed by atoms with Crippen LogP contribution in [0.25, 0.3) is 0 Å². The average Bonchev–Trinajstić information content (AvgIpc) is 2.74. The highest BCUT2D eigenvalue weighted by atomic mass is 14.3. The van der Waals surface area contributed by atoms with Crippen LogP contribution in [-0.4, -0.2) is 0 Å². The molecule has 0 nitrogen and oxygen atoms in total. The molecule has 0 heteroatoms. The van der Waals surface area contributed by atoms with Crippen LogP contribution in [0.1, 0.15) is 44.9 Å². The van der Waals surface area contributed by atoms with Crippen LogP contribution in [0, 0.1) is 5.92 Å². The number of hydrogen-bond acceptors (Lipinski definition) is 0. The maximum absolute atomic E-state index is 2.49. The fourth-order valence-corrected chi connectivity index (χ4v) is 1.78. The van der Waals surface area contributed by atoms with Crippen LogP contribution in [0.5, 0.6) is 0 Å². The lowest BCUT2D eigenvalue weighted by Gasteiger charge is -2.11. The van der Waals surface area contributed by atoms with Crippen LogP contribution >= 0.6 is 0 Å². The van der Waals surface area contributed by atoms with E-state index in [9.17, 15) is 0 Å². The highest BCUT2D eigenvalue weighted by molar-refractivity contribution is 5.07. The van der Waals surface area contributed by atoms with E-state index in [1.807, 2.05) is 0 Å². The maximum atomic E-state index is 2.49. The van der Waals surface area contributed by atoms with Gasteiger partial charge in [-0.15, -0.1) is 0 Å². The Balaban J connectivity index is 1.83. The third-order valence-electron chi connectivity index (χ3n) is 2.63. The topological polar surface area (TPSA) is 0 Å². The van der Waals surface area contributed by atoms with E-state index in [2.05, 4.69) is 6.08 Å². The van der Waals surface area contributed by atoms with Gasteiger partial charge in [0.05, 0.1) is 0 Å². The van der Waals surface area contributed by atoms with Crippen LogP contribution in [0.4, 0.5) is 0 Å². The van der Waals surface area contributed by atoms with Gasteiger partial charge < -0.3 is 0 Å². The first-order chi connectivity index (χ1) is 4.95. The van der Waals surface area contributed by atoms with Crippen molar-refractivity contribution in [1.29, 1.82) is 0 Å². The highest BCUT2D eigenvalue weighted by Gasteiger charge is 2.22. The Hall–Kier alpha value is -0.260. The lowest BCUT2D eigenvalue weighted by Crippen LogP contribution is -1.92. The van der Waals surface area contributed by atoms with E-state index in [1.54, 1.807) is 5.57 Å². The molecule has 0 bridgehead atoms. The predicted molar refractivity (Wildman–Crippen MR) is 43.9 cm³/mol. The molecule has 2 aliphatic rings. The second kappa shape index (κ2) is 2.77. The Bertz CT molecular complexity index is 140. The molecule has 10 heavy (non-hydrogen) atoms. The molecule has 0 heterocycles. The third-order valence-corrected chi connectivity index (χ3v) is 2.63. The van der Waals surface area contributed by atoms with E-state index in [4.69, 9.17) is 0 Å². The molecule has 56 valence electrons. The average molecular weight is 136 g/mol. The monoisotopic (exact) mass is 136 g/mol. The molecule has 0 spiro atoms. The largest absolute Gasteiger partial charge is 0.0853 e. The van der Waals surface area contributed by atoms with Gasteiger partial charge in [-0.1, -0.05) is 11.6 Å². The summed E-state index contributed by atoms with van der Waals surface area (Å²) >= 11 is 0. The normalized spacial score (nSPS) is 26.2. The summed E-state index contributed by atoms with van der Waals surface area (Å²) in [7, 11) is 0. The van der Waals surface area contributed by atoms with Crippen LogP contribution in [0.2, 0.25) is 0 Å². The predicted octanol–water partition coefficient (Wildman–Crippen LogP) is 3.29. The molecular formula is C10H16. The second-order valence-corrected chi connectivity index (χ2v) is 3.76. The molecule has 1 saturated carbocycles. The zero-order valence-corrected chi connectivity index (χ0v) is 6.60. The van der Waals surface area contributed by atoms with Crippen LogP contribution in [-0.2, 0) is 0 Å². The summed E-state index contributed by atoms with van der Waals surface area (Å²) in [6.45, 7) is 0. The fraction of sp³-hybridized carbons (Fsp3) is 0.800. The minimum atomic E-state index is 1.10. The molecule has 0 saturated heterocycles. The summed E-state index contributed by atoms with van der Waals surface area (Å²) in [5.41, 5.74) is 1.77. The standard InChI is InChI=1S/C10H16/c1-2-4-9(5-3-1)8-10-6-7-10/h4,10H,1-3,5-8H2. The van der Waals surface area contributed by atoms with E-state index >= 15 is 0 Å². The van der Waals surface area contributed by atoms with Gasteiger partial charge >= 0.3 is 0 Å². The summed E-state index contributed by atoms with van der Waals surface area (Å²) in [5.74, 6) is 1.10. The number of allylic oxidation sites excluding steroid dienone is 2. The van der Waals surface area contributed by atoms with Gasteiger partial charge in [-0.2, -0.15) is 0 Å². The van der Waals surface area contributed by atoms with Crippen molar-refractivity contribution in [2.24, 2.45) is 5.92 Å². The second-order valence-electron chi connectivity index (χ2n) is 3.76. The molecule has 2 rings (SSSR count). The lowest BCUT2D eigenvalue weighted by molar-refractivity contribution is 0.654. The zero-order chi connectivity index (χ0) is 6.81. The lowest BCUT2D eigenvalue weighted by atomic mass is 9.96. The summed E-state index contributed by atoms with van der Waals surface area (Å²) in [6, 6.07) is 0. The zero-order valence-electron chi connectivity index (χ0n) is 6.60. The minimum Gasteiger partial charge on any atom is -0.0853 e. The first-order valence-corrected chi connectivity index (χ1v) is 4.63. The molecule has 0 N–H and O–H groups in total. The third kappa shape index (κ3) is 1.62. The van der Waals surface area contributed by atoms with Gasteiger partial charge in [-0.25, -0.2) is 0 Å². The Morgan fingerprint density at radius 1 is 1.30 bits per heavy atom. The Morgan fingerprint density at radius 2 is 2.20 bits per heavy atom. The first kappa shape index (κ1) is 6.45. The van der Waals surface area contributed by atoms with Crippen molar-refractivity contribution in [3.63, 3.8) is 0 Å². The van der Waals surface area contributed by atoms with Crippen LogP contribution < -0.4 is 0 Å². The fourth-order valence-electron chi connectivity index (χ4n) is 1.78. The molecule has 0 amide bonds. The molecule has 0 aromatic carbocycles. The molecule has 0 aliphatic heterocycles. The van der Waals surface area contributed by atoms with Gasteiger partial charge in [-0.3, -0.25) is 0 Å². The van der Waals surface area contributed by atoms with Gasteiger partial charge in [0.15, 0.2) is 0 Å².